The van der Waals surface area contributed by atoms with Crippen LogP contribution < -0.4 is 40.8 Å². The number of nitrogens with one attached hydrogen (secondary N) is 1. The van der Waals surface area contributed by atoms with Gasteiger partial charge < -0.3 is 17.1 Å². The second-order valence-corrected chi connectivity index (χ2v) is 4.34. The van der Waals surface area contributed by atoms with Gasteiger partial charge in [0.1, 0.15) is 0 Å². The van der Waals surface area contributed by atoms with Crippen LogP contribution in [0.4, 0.5) is 0 Å². The molecule has 23 heavy (non-hydrogen) atoms. The minimum atomic E-state index is -1.75. The number of hydrogen-bond donors (Lipinski definition) is 3. The third-order valence-corrected chi connectivity index (χ3v) is 2.86. The van der Waals surface area contributed by atoms with E-state index >= 15 is 0 Å². The first kappa shape index (κ1) is 21.1. The summed E-state index contributed by atoms with van der Waals surface area (Å²) >= 11 is 5.69. The number of carboxylic acid groups (broad SMARTS) is 2. The molecule has 0 saturated heterocycles. The Kier molecular flexibility index (Phi) is 7.41. The first-order valence-electron chi connectivity index (χ1n) is 5.44. The van der Waals surface area contributed by atoms with E-state index in [0.29, 0.717) is 9.59 Å². The van der Waals surface area contributed by atoms with Gasteiger partial charge in [0.05, 0.1) is 5.69 Å². The Morgan fingerprint density at radius 3 is 2.04 bits per heavy atom. The molecule has 0 aliphatic carbocycles. The number of rotatable bonds is 3. The average molecular weight is 353 g/mol. The van der Waals surface area contributed by atoms with Crippen molar-refractivity contribution in [1.29, 1.82) is 0 Å². The monoisotopic (exact) mass is 352 g/mol. The molecule has 9 nitrogen and oxygen atoms in total. The van der Waals surface area contributed by atoms with Crippen LogP contribution in [0, 0.1) is 0 Å². The van der Waals surface area contributed by atoms with Crippen molar-refractivity contribution in [3.05, 3.63) is 61.4 Å². The fraction of sp³-hybridized carbons (Fsp3) is 0. The molecule has 0 amide bonds. The van der Waals surface area contributed by atoms with Gasteiger partial charge in [-0.05, 0) is 24.3 Å². The molecule has 0 bridgehead atoms. The Morgan fingerprint density at radius 2 is 1.61 bits per heavy atom. The molecule has 118 valence electrons. The third kappa shape index (κ3) is 4.09. The maximum Gasteiger partial charge on any atom is 1.00 e. The number of hydrogen-bond acceptors (Lipinski definition) is 4. The standard InChI is InChI=1S/C12H7ClN2O6.Na.H2O.H/c13-5-1-3-6(4-2-5)15-8(11(19)20)7(10(17)18)9(16)14-12(15)21;;;/h1-4H,(H,17,18)(H,19,20)(H,14,16,21);;1H2;/q;+1;;-1. The molecule has 0 fully saturated rings. The second-order valence-electron chi connectivity index (χ2n) is 3.91. The molecule has 0 spiro atoms. The summed E-state index contributed by atoms with van der Waals surface area (Å²) in [6.45, 7) is 0. The molecule has 5 N–H and O–H groups in total. The smallest absolute Gasteiger partial charge is 1.00 e. The Balaban J connectivity index is 0. The molecule has 2 rings (SSSR count). The molecule has 0 saturated carbocycles. The summed E-state index contributed by atoms with van der Waals surface area (Å²) in [5, 5.41) is 18.5. The summed E-state index contributed by atoms with van der Waals surface area (Å²) in [4.78, 5) is 47.5. The van der Waals surface area contributed by atoms with Crippen molar-refractivity contribution < 1.29 is 56.3 Å². The van der Waals surface area contributed by atoms with E-state index in [0.717, 1.165) is 0 Å². The minimum absolute atomic E-state index is 0. The summed E-state index contributed by atoms with van der Waals surface area (Å²) in [6, 6.07) is 5.42. The third-order valence-electron chi connectivity index (χ3n) is 2.61. The number of aromatic amines is 1. The van der Waals surface area contributed by atoms with Gasteiger partial charge in [-0.3, -0.25) is 14.3 Å². The van der Waals surface area contributed by atoms with Crippen LogP contribution in [-0.2, 0) is 0 Å². The van der Waals surface area contributed by atoms with Gasteiger partial charge in [0.2, 0.25) is 0 Å². The van der Waals surface area contributed by atoms with E-state index in [-0.39, 0.29) is 42.1 Å². The maximum absolute atomic E-state index is 11.8. The molecule has 11 heteroatoms. The molecule has 0 unspecified atom stereocenters. The van der Waals surface area contributed by atoms with Crippen molar-refractivity contribution in [2.24, 2.45) is 0 Å². The van der Waals surface area contributed by atoms with E-state index in [4.69, 9.17) is 21.8 Å². The minimum Gasteiger partial charge on any atom is -1.00 e. The largest absolute Gasteiger partial charge is 1.00 e. The van der Waals surface area contributed by atoms with Gasteiger partial charge in [-0.1, -0.05) is 11.6 Å². The molecular formula is C12H10ClN2NaO7. The molecule has 0 aliphatic heterocycles. The van der Waals surface area contributed by atoms with Crippen LogP contribution in [0.5, 0.6) is 0 Å². The van der Waals surface area contributed by atoms with Crippen LogP contribution in [0.3, 0.4) is 0 Å². The molecule has 0 aliphatic rings. The predicted molar refractivity (Wildman–Crippen MR) is 76.3 cm³/mol. The first-order valence-corrected chi connectivity index (χ1v) is 5.82. The Bertz CT molecular complexity index is 863. The fourth-order valence-corrected chi connectivity index (χ4v) is 1.90. The van der Waals surface area contributed by atoms with E-state index in [9.17, 15) is 19.2 Å². The van der Waals surface area contributed by atoms with E-state index in [1.807, 2.05) is 0 Å². The zero-order valence-corrected chi connectivity index (χ0v) is 14.4. The van der Waals surface area contributed by atoms with Crippen LogP contribution in [0.1, 0.15) is 22.3 Å². The molecule has 0 atom stereocenters. The van der Waals surface area contributed by atoms with Crippen molar-refractivity contribution in [1.82, 2.24) is 9.55 Å². The van der Waals surface area contributed by atoms with Gasteiger partial charge in [0, 0.05) is 5.02 Å². The van der Waals surface area contributed by atoms with Gasteiger partial charge in [-0.15, -0.1) is 0 Å². The fourth-order valence-electron chi connectivity index (χ4n) is 1.77. The number of aromatic carboxylic acids is 2. The van der Waals surface area contributed by atoms with Crippen LogP contribution >= 0.6 is 11.6 Å². The summed E-state index contributed by atoms with van der Waals surface area (Å²) in [7, 11) is 0. The van der Waals surface area contributed by atoms with E-state index in [2.05, 4.69) is 0 Å². The summed E-state index contributed by atoms with van der Waals surface area (Å²) in [5.41, 5.74) is -4.25. The van der Waals surface area contributed by atoms with Gasteiger partial charge in [0.15, 0.2) is 11.3 Å². The number of carbonyl (C=O) groups is 2. The van der Waals surface area contributed by atoms with Crippen LogP contribution in [-0.4, -0.2) is 37.2 Å². The van der Waals surface area contributed by atoms with E-state index in [1.54, 1.807) is 4.98 Å². The van der Waals surface area contributed by atoms with E-state index in [1.165, 1.54) is 24.3 Å². The maximum atomic E-state index is 11.8. The summed E-state index contributed by atoms with van der Waals surface area (Å²) in [5.74, 6) is -3.47. The summed E-state index contributed by atoms with van der Waals surface area (Å²) < 4.78 is 0.587. The molecule has 1 aromatic heterocycles. The topological polar surface area (TPSA) is 161 Å². The normalized spacial score (nSPS) is 9.43. The molecule has 1 aromatic carbocycles. The van der Waals surface area contributed by atoms with Gasteiger partial charge >= 0.3 is 47.2 Å². The van der Waals surface area contributed by atoms with Gasteiger partial charge in [-0.25, -0.2) is 14.4 Å². The number of halogens is 1. The molecule has 2 aromatic rings. The Labute approximate surface area is 156 Å². The Hall–Kier alpha value is -1.91. The molecule has 1 heterocycles. The van der Waals surface area contributed by atoms with Gasteiger partial charge in [-0.2, -0.15) is 0 Å². The average Bonchev–Trinajstić information content (AvgIpc) is 2.38. The van der Waals surface area contributed by atoms with Crippen LogP contribution in [0.15, 0.2) is 33.9 Å². The SMILES string of the molecule is O.O=C(O)c1c(C(=O)O)n(-c2ccc(Cl)cc2)c(=O)[nH]c1=O.[H-].[Na+]. The van der Waals surface area contributed by atoms with Crippen molar-refractivity contribution in [2.45, 2.75) is 0 Å². The second kappa shape index (κ2) is 8.09. The molecule has 0 radical (unpaired) electrons. The predicted octanol–water partition coefficient (Wildman–Crippen LogP) is -3.13. The van der Waals surface area contributed by atoms with Crippen LogP contribution in [0.25, 0.3) is 5.69 Å². The van der Waals surface area contributed by atoms with Crippen molar-refractivity contribution in [3.8, 4) is 5.69 Å². The van der Waals surface area contributed by atoms with Gasteiger partial charge in [0.25, 0.3) is 5.56 Å². The van der Waals surface area contributed by atoms with Crippen molar-refractivity contribution in [2.75, 3.05) is 0 Å². The number of carboxylic acids is 2. The zero-order chi connectivity index (χ0) is 15.7. The summed E-state index contributed by atoms with van der Waals surface area (Å²) in [6.07, 6.45) is 0. The van der Waals surface area contributed by atoms with Crippen molar-refractivity contribution in [3.63, 3.8) is 0 Å². The number of benzene rings is 1. The number of aromatic nitrogens is 2. The quantitative estimate of drug-likeness (QED) is 0.495. The van der Waals surface area contributed by atoms with Crippen molar-refractivity contribution >= 4 is 23.5 Å². The number of nitrogens with zero attached hydrogens (tertiary/aromatic N) is 1. The van der Waals surface area contributed by atoms with E-state index < -0.39 is 34.4 Å². The number of H-pyrrole nitrogens is 1. The first-order chi connectivity index (χ1) is 9.82. The van der Waals surface area contributed by atoms with Crippen LogP contribution in [0.2, 0.25) is 5.02 Å². The zero-order valence-electron chi connectivity index (χ0n) is 12.7. The Morgan fingerprint density at radius 1 is 1.09 bits per heavy atom. The molecular weight excluding hydrogens is 343 g/mol.